The van der Waals surface area contributed by atoms with E-state index in [2.05, 4.69) is 0 Å². The molecule has 110 valence electrons. The number of carboxylic acids is 2. The summed E-state index contributed by atoms with van der Waals surface area (Å²) in [5, 5.41) is 21.6. The maximum Gasteiger partial charge on any atom is 0.165 e. The number of allylic oxidation sites excluding steroid dienone is 1. The topological polar surface area (TPSA) is 97.3 Å². The van der Waals surface area contributed by atoms with Gasteiger partial charge in [0.05, 0.1) is 0 Å². The minimum atomic E-state index is -1.49. The number of carbonyl (C=O) groups excluding carboxylic acids is 3. The van der Waals surface area contributed by atoms with Crippen molar-refractivity contribution < 1.29 is 24.6 Å². The summed E-state index contributed by atoms with van der Waals surface area (Å²) >= 11 is 0. The Morgan fingerprint density at radius 3 is 2.35 bits per heavy atom. The average Bonchev–Trinajstić information content (AvgIpc) is 2.62. The van der Waals surface area contributed by atoms with Crippen LogP contribution in [-0.2, 0) is 14.4 Å². The van der Waals surface area contributed by atoms with Crippen LogP contribution in [0.4, 0.5) is 0 Å². The van der Waals surface area contributed by atoms with Crippen molar-refractivity contribution in [3.63, 3.8) is 0 Å². The summed E-state index contributed by atoms with van der Waals surface area (Å²) in [7, 11) is 0. The highest BCUT2D eigenvalue weighted by Crippen LogP contribution is 2.65. The SMILES string of the molecule is CC1(C)[C@H]2CC[C@@]1(C)C(=O)/C2=C/[C@@H](CC(=O)[O-])C(=O)[O-]. The molecule has 5 heteroatoms. The molecule has 5 nitrogen and oxygen atoms in total. The predicted molar refractivity (Wildman–Crippen MR) is 65.8 cm³/mol. The van der Waals surface area contributed by atoms with Crippen LogP contribution in [-0.4, -0.2) is 17.7 Å². The summed E-state index contributed by atoms with van der Waals surface area (Å²) in [6, 6.07) is 0. The molecule has 0 unspecified atom stereocenters. The zero-order valence-corrected chi connectivity index (χ0v) is 11.9. The van der Waals surface area contributed by atoms with E-state index in [4.69, 9.17) is 0 Å². The van der Waals surface area contributed by atoms with Crippen molar-refractivity contribution in [2.24, 2.45) is 22.7 Å². The first-order valence-corrected chi connectivity index (χ1v) is 6.78. The van der Waals surface area contributed by atoms with E-state index in [1.807, 2.05) is 20.8 Å². The Bertz CT molecular complexity index is 516. The highest BCUT2D eigenvalue weighted by molar-refractivity contribution is 6.05. The van der Waals surface area contributed by atoms with Gasteiger partial charge in [-0.1, -0.05) is 26.8 Å². The molecule has 0 heterocycles. The average molecular weight is 278 g/mol. The van der Waals surface area contributed by atoms with Crippen LogP contribution in [0.15, 0.2) is 11.6 Å². The van der Waals surface area contributed by atoms with Crippen molar-refractivity contribution in [2.75, 3.05) is 0 Å². The van der Waals surface area contributed by atoms with Crippen LogP contribution in [0, 0.1) is 22.7 Å². The van der Waals surface area contributed by atoms with Gasteiger partial charge in [0.2, 0.25) is 0 Å². The number of fused-ring (bicyclic) bond motifs is 2. The summed E-state index contributed by atoms with van der Waals surface area (Å²) in [6.07, 6.45) is 2.23. The second-order valence-electron chi connectivity index (χ2n) is 6.60. The highest BCUT2D eigenvalue weighted by Gasteiger charge is 2.63. The number of Topliss-reactive ketones (excluding diaryl/α,β-unsaturated/α-hetero) is 1. The molecule has 0 aromatic rings. The zero-order valence-electron chi connectivity index (χ0n) is 11.9. The van der Waals surface area contributed by atoms with Crippen molar-refractivity contribution >= 4 is 17.7 Å². The number of carbonyl (C=O) groups is 3. The molecule has 2 saturated carbocycles. The lowest BCUT2D eigenvalue weighted by atomic mass is 9.70. The molecular weight excluding hydrogens is 260 g/mol. The first kappa shape index (κ1) is 14.8. The van der Waals surface area contributed by atoms with E-state index in [0.717, 1.165) is 12.8 Å². The Hall–Kier alpha value is -1.65. The summed E-state index contributed by atoms with van der Waals surface area (Å²) in [5.41, 5.74) is -0.255. The third kappa shape index (κ3) is 1.87. The summed E-state index contributed by atoms with van der Waals surface area (Å²) in [4.78, 5) is 34.1. The van der Waals surface area contributed by atoms with Crippen LogP contribution in [0.5, 0.6) is 0 Å². The molecule has 0 amide bonds. The van der Waals surface area contributed by atoms with Crippen LogP contribution in [0.25, 0.3) is 0 Å². The molecule has 0 aromatic heterocycles. The number of aliphatic carboxylic acids is 2. The zero-order chi connectivity index (χ0) is 15.3. The molecular formula is C15H18O5-2. The van der Waals surface area contributed by atoms with Gasteiger partial charge in [-0.05, 0) is 36.2 Å². The molecule has 0 radical (unpaired) electrons. The normalized spacial score (nSPS) is 34.5. The molecule has 2 aliphatic carbocycles. The summed E-state index contributed by atoms with van der Waals surface area (Å²) in [5.74, 6) is -4.32. The lowest BCUT2D eigenvalue weighted by molar-refractivity contribution is -0.318. The Kier molecular flexibility index (Phi) is 3.27. The molecule has 2 rings (SSSR count). The Morgan fingerprint density at radius 2 is 1.95 bits per heavy atom. The molecule has 2 aliphatic rings. The minimum Gasteiger partial charge on any atom is -0.550 e. The van der Waals surface area contributed by atoms with Gasteiger partial charge in [0, 0.05) is 23.3 Å². The van der Waals surface area contributed by atoms with Crippen LogP contribution in [0.1, 0.15) is 40.0 Å². The predicted octanol–water partition coefficient (Wildman–Crippen LogP) is -0.556. The van der Waals surface area contributed by atoms with E-state index in [1.165, 1.54) is 6.08 Å². The molecule has 20 heavy (non-hydrogen) atoms. The van der Waals surface area contributed by atoms with Gasteiger partial charge in [-0.2, -0.15) is 0 Å². The Labute approximate surface area is 117 Å². The number of hydrogen-bond donors (Lipinski definition) is 0. The van der Waals surface area contributed by atoms with Crippen molar-refractivity contribution in [1.29, 1.82) is 0 Å². The maximum absolute atomic E-state index is 12.5. The van der Waals surface area contributed by atoms with Gasteiger partial charge >= 0.3 is 0 Å². The summed E-state index contributed by atoms with van der Waals surface area (Å²) in [6.45, 7) is 5.93. The third-order valence-electron chi connectivity index (χ3n) is 5.44. The Morgan fingerprint density at radius 1 is 1.35 bits per heavy atom. The van der Waals surface area contributed by atoms with Crippen LogP contribution in [0.3, 0.4) is 0 Å². The van der Waals surface area contributed by atoms with Crippen LogP contribution < -0.4 is 10.2 Å². The third-order valence-corrected chi connectivity index (χ3v) is 5.44. The van der Waals surface area contributed by atoms with E-state index >= 15 is 0 Å². The highest BCUT2D eigenvalue weighted by atomic mass is 16.4. The van der Waals surface area contributed by atoms with Gasteiger partial charge in [-0.25, -0.2) is 0 Å². The fourth-order valence-electron chi connectivity index (χ4n) is 3.73. The lowest BCUT2D eigenvalue weighted by Gasteiger charge is -2.31. The molecule has 2 fully saturated rings. The fraction of sp³-hybridized carbons (Fsp3) is 0.667. The molecule has 3 atom stereocenters. The van der Waals surface area contributed by atoms with Gasteiger partial charge in [0.1, 0.15) is 0 Å². The summed E-state index contributed by atoms with van der Waals surface area (Å²) < 4.78 is 0. The number of rotatable bonds is 4. The van der Waals surface area contributed by atoms with Crippen LogP contribution in [0.2, 0.25) is 0 Å². The molecule has 0 aliphatic heterocycles. The standard InChI is InChI=1S/C15H20O5/c1-14(2)10-4-5-15(14,3)12(18)9(10)6-8(13(19)20)7-11(16)17/h6,8,10H,4-5,7H2,1-3H3,(H,16,17)(H,19,20)/p-2/b9-6+/t8-,10-,15-/m0/s1. The molecule has 0 N–H and O–H groups in total. The largest absolute Gasteiger partial charge is 0.550 e. The molecule has 2 bridgehead atoms. The molecule has 0 aromatic carbocycles. The van der Waals surface area contributed by atoms with Gasteiger partial charge in [-0.15, -0.1) is 0 Å². The monoisotopic (exact) mass is 278 g/mol. The van der Waals surface area contributed by atoms with E-state index in [1.54, 1.807) is 0 Å². The quantitative estimate of drug-likeness (QED) is 0.642. The number of hydrogen-bond acceptors (Lipinski definition) is 5. The smallest absolute Gasteiger partial charge is 0.165 e. The van der Waals surface area contributed by atoms with Crippen molar-refractivity contribution in [1.82, 2.24) is 0 Å². The van der Waals surface area contributed by atoms with Gasteiger partial charge in [-0.3, -0.25) is 4.79 Å². The molecule has 0 spiro atoms. The maximum atomic E-state index is 12.5. The van der Waals surface area contributed by atoms with Crippen molar-refractivity contribution in [2.45, 2.75) is 40.0 Å². The van der Waals surface area contributed by atoms with E-state index in [-0.39, 0.29) is 17.1 Å². The van der Waals surface area contributed by atoms with Gasteiger partial charge in [0.25, 0.3) is 0 Å². The van der Waals surface area contributed by atoms with E-state index < -0.39 is 29.7 Å². The molecule has 0 saturated heterocycles. The fourth-order valence-corrected chi connectivity index (χ4v) is 3.73. The number of ketones is 1. The second-order valence-corrected chi connectivity index (χ2v) is 6.60. The second kappa shape index (κ2) is 4.43. The first-order chi connectivity index (χ1) is 9.11. The first-order valence-electron chi connectivity index (χ1n) is 6.78. The minimum absolute atomic E-state index is 0.0106. The van der Waals surface area contributed by atoms with Gasteiger partial charge in [0.15, 0.2) is 5.78 Å². The van der Waals surface area contributed by atoms with E-state index in [0.29, 0.717) is 5.57 Å². The van der Waals surface area contributed by atoms with Crippen LogP contribution >= 0.6 is 0 Å². The Balaban J connectivity index is 2.38. The number of carboxylic acid groups (broad SMARTS) is 2. The lowest BCUT2D eigenvalue weighted by Crippen LogP contribution is -2.36. The van der Waals surface area contributed by atoms with Crippen molar-refractivity contribution in [3.8, 4) is 0 Å². The van der Waals surface area contributed by atoms with E-state index in [9.17, 15) is 24.6 Å². The van der Waals surface area contributed by atoms with Crippen molar-refractivity contribution in [3.05, 3.63) is 11.6 Å². The van der Waals surface area contributed by atoms with Gasteiger partial charge < -0.3 is 19.8 Å².